The normalized spacial score (nSPS) is 11.4. The molecule has 0 saturated carbocycles. The molecule has 29 heavy (non-hydrogen) atoms. The van der Waals surface area contributed by atoms with Crippen LogP contribution in [0.25, 0.3) is 0 Å². The molecular weight excluding hydrogens is 453 g/mol. The molecule has 3 aromatic rings. The molecule has 11 heteroatoms. The van der Waals surface area contributed by atoms with Crippen LogP contribution in [0.15, 0.2) is 88.7 Å². The first-order valence-electron chi connectivity index (χ1n) is 7.66. The molecule has 0 amide bonds. The van der Waals surface area contributed by atoms with Gasteiger partial charge in [-0.25, -0.2) is 0 Å². The second kappa shape index (κ2) is 11.0. The molecule has 6 nitrogen and oxygen atoms in total. The van der Waals surface area contributed by atoms with Gasteiger partial charge in [-0.05, 0) is 48.1 Å². The Balaban J connectivity index is 0.00000210. The molecule has 0 bridgehead atoms. The van der Waals surface area contributed by atoms with Crippen molar-refractivity contribution in [2.45, 2.75) is 9.79 Å². The SMILES string of the molecule is O=S(=O)(O)c1cccc(P(c2ccccc2)c2cccc(S(=O)(=O)O)c2)c1.[NaH].[NaH]. The van der Waals surface area contributed by atoms with Crippen molar-refractivity contribution in [1.82, 2.24) is 0 Å². The summed E-state index contributed by atoms with van der Waals surface area (Å²) in [5, 5.41) is 2.07. The van der Waals surface area contributed by atoms with E-state index in [0.29, 0.717) is 10.6 Å². The molecule has 144 valence electrons. The summed E-state index contributed by atoms with van der Waals surface area (Å²) in [6.07, 6.45) is 0. The Morgan fingerprint density at radius 3 is 1.31 bits per heavy atom. The van der Waals surface area contributed by atoms with E-state index in [1.165, 1.54) is 36.4 Å². The Morgan fingerprint density at radius 2 is 0.931 bits per heavy atom. The van der Waals surface area contributed by atoms with Crippen LogP contribution in [0.5, 0.6) is 0 Å². The Labute approximate surface area is 215 Å². The van der Waals surface area contributed by atoms with E-state index in [-0.39, 0.29) is 68.9 Å². The molecule has 0 atom stereocenters. The first-order chi connectivity index (χ1) is 12.7. The summed E-state index contributed by atoms with van der Waals surface area (Å²) in [5.41, 5.74) is 0. The molecule has 3 aromatic carbocycles. The molecule has 0 radical (unpaired) electrons. The summed E-state index contributed by atoms with van der Waals surface area (Å²) in [6, 6.07) is 21.0. The van der Waals surface area contributed by atoms with E-state index in [9.17, 15) is 25.9 Å². The van der Waals surface area contributed by atoms with E-state index in [0.717, 1.165) is 5.30 Å². The van der Waals surface area contributed by atoms with E-state index in [1.54, 1.807) is 12.1 Å². The van der Waals surface area contributed by atoms with Crippen molar-refractivity contribution in [3.05, 3.63) is 78.9 Å². The van der Waals surface area contributed by atoms with Gasteiger partial charge in [0.25, 0.3) is 20.2 Å². The molecule has 0 aliphatic rings. The fraction of sp³-hybridized carbons (Fsp3) is 0. The van der Waals surface area contributed by atoms with Crippen LogP contribution < -0.4 is 15.9 Å². The number of hydrogen-bond donors (Lipinski definition) is 2. The molecule has 0 aromatic heterocycles. The third kappa shape index (κ3) is 6.95. The van der Waals surface area contributed by atoms with Crippen LogP contribution in [0, 0.1) is 0 Å². The Kier molecular flexibility index (Phi) is 10.2. The van der Waals surface area contributed by atoms with Gasteiger partial charge in [-0.3, -0.25) is 9.11 Å². The van der Waals surface area contributed by atoms with Gasteiger partial charge in [0.15, 0.2) is 0 Å². The number of rotatable bonds is 5. The van der Waals surface area contributed by atoms with Gasteiger partial charge < -0.3 is 0 Å². The van der Waals surface area contributed by atoms with Gasteiger partial charge in [0.05, 0.1) is 9.79 Å². The van der Waals surface area contributed by atoms with Crippen molar-refractivity contribution in [2.24, 2.45) is 0 Å². The molecule has 0 fully saturated rings. The standard InChI is InChI=1S/C18H15O6PS2.2Na.2H/c19-26(20,21)17-10-4-8-15(12-17)25(14-6-2-1-3-7-14)16-9-5-11-18(13-16)27(22,23)24;;;;/h1-13H,(H,19,20,21)(H,22,23,24);;;;. The van der Waals surface area contributed by atoms with Crippen LogP contribution in [0.4, 0.5) is 0 Å². The summed E-state index contributed by atoms with van der Waals surface area (Å²) < 4.78 is 64.8. The fourth-order valence-corrected chi connectivity index (χ4v) is 6.19. The van der Waals surface area contributed by atoms with E-state index in [4.69, 9.17) is 0 Å². The molecule has 0 aliphatic carbocycles. The van der Waals surface area contributed by atoms with Gasteiger partial charge in [-0.2, -0.15) is 16.8 Å². The first kappa shape index (κ1) is 26.9. The summed E-state index contributed by atoms with van der Waals surface area (Å²) in [4.78, 5) is -0.483. The molecule has 0 saturated heterocycles. The zero-order valence-electron chi connectivity index (χ0n) is 13.8. The van der Waals surface area contributed by atoms with Crippen LogP contribution in [-0.2, 0) is 20.2 Å². The second-order valence-electron chi connectivity index (χ2n) is 5.62. The predicted octanol–water partition coefficient (Wildman–Crippen LogP) is 0.641. The second-order valence-corrected chi connectivity index (χ2v) is 10.7. The molecule has 0 heterocycles. The summed E-state index contributed by atoms with van der Waals surface area (Å²) in [6.45, 7) is 0. The van der Waals surface area contributed by atoms with Crippen LogP contribution in [-0.4, -0.2) is 85.1 Å². The third-order valence-electron chi connectivity index (χ3n) is 3.76. The average Bonchev–Trinajstić information content (AvgIpc) is 2.62. The zero-order chi connectivity index (χ0) is 19.7. The topological polar surface area (TPSA) is 109 Å². The monoisotopic (exact) mass is 470 g/mol. The summed E-state index contributed by atoms with van der Waals surface area (Å²) in [7, 11) is -10.1. The van der Waals surface area contributed by atoms with Crippen LogP contribution in [0.3, 0.4) is 0 Å². The fourth-order valence-electron chi connectivity index (χ4n) is 2.59. The summed E-state index contributed by atoms with van der Waals surface area (Å²) >= 11 is 0. The van der Waals surface area contributed by atoms with E-state index >= 15 is 0 Å². The van der Waals surface area contributed by atoms with Gasteiger partial charge in [-0.1, -0.05) is 54.6 Å². The number of hydrogen-bond acceptors (Lipinski definition) is 4. The van der Waals surface area contributed by atoms with Gasteiger partial charge in [0, 0.05) is 0 Å². The quantitative estimate of drug-likeness (QED) is 0.322. The number of benzene rings is 3. The molecule has 0 aliphatic heterocycles. The first-order valence-corrected chi connectivity index (χ1v) is 11.9. The molecule has 2 N–H and O–H groups in total. The van der Waals surface area contributed by atoms with Crippen LogP contribution in [0.1, 0.15) is 0 Å². The Bertz CT molecular complexity index is 1110. The van der Waals surface area contributed by atoms with Crippen molar-refractivity contribution in [3.8, 4) is 0 Å². The molecular formula is C18H17Na2O6PS2. The minimum atomic E-state index is -4.38. The van der Waals surface area contributed by atoms with Crippen molar-refractivity contribution in [3.63, 3.8) is 0 Å². The van der Waals surface area contributed by atoms with Gasteiger partial charge >= 0.3 is 59.1 Å². The van der Waals surface area contributed by atoms with Crippen molar-refractivity contribution in [2.75, 3.05) is 0 Å². The van der Waals surface area contributed by atoms with Gasteiger partial charge in [0.2, 0.25) is 0 Å². The minimum absolute atomic E-state index is 0. The molecule has 0 unspecified atom stereocenters. The van der Waals surface area contributed by atoms with E-state index in [2.05, 4.69) is 0 Å². The van der Waals surface area contributed by atoms with Crippen LogP contribution in [0.2, 0.25) is 0 Å². The van der Waals surface area contributed by atoms with Gasteiger partial charge in [0.1, 0.15) is 0 Å². The predicted molar refractivity (Wildman–Crippen MR) is 119 cm³/mol. The average molecular weight is 470 g/mol. The summed E-state index contributed by atoms with van der Waals surface area (Å²) in [5.74, 6) is 0. The Hall–Kier alpha value is -0.0900. The zero-order valence-corrected chi connectivity index (χ0v) is 16.3. The van der Waals surface area contributed by atoms with Crippen molar-refractivity contribution < 1.29 is 25.9 Å². The maximum atomic E-state index is 11.5. The Morgan fingerprint density at radius 1 is 0.552 bits per heavy atom. The van der Waals surface area contributed by atoms with Crippen LogP contribution >= 0.6 is 7.92 Å². The van der Waals surface area contributed by atoms with Crippen molar-refractivity contribution >= 4 is 103 Å². The maximum absolute atomic E-state index is 11.5. The van der Waals surface area contributed by atoms with E-state index < -0.39 is 28.2 Å². The third-order valence-corrected chi connectivity index (χ3v) is 7.86. The van der Waals surface area contributed by atoms with Crippen molar-refractivity contribution in [1.29, 1.82) is 0 Å². The molecule has 3 rings (SSSR count). The molecule has 0 spiro atoms. The van der Waals surface area contributed by atoms with Gasteiger partial charge in [-0.15, -0.1) is 0 Å². The van der Waals surface area contributed by atoms with E-state index in [1.807, 2.05) is 30.3 Å².